The zero-order valence-corrected chi connectivity index (χ0v) is 10.7. The Balaban J connectivity index is 2.35. The fraction of sp³-hybridized carbons (Fsp3) is 0.571. The van der Waals surface area contributed by atoms with E-state index in [1.54, 1.807) is 19.1 Å². The van der Waals surface area contributed by atoms with Gasteiger partial charge in [0.25, 0.3) is 0 Å². The van der Waals surface area contributed by atoms with E-state index >= 15 is 0 Å². The molecule has 3 N–H and O–H groups in total. The van der Waals surface area contributed by atoms with Gasteiger partial charge in [0.15, 0.2) is 0 Å². The Hall–Kier alpha value is -0.970. The molecule has 0 radical (unpaired) electrons. The predicted molar refractivity (Wildman–Crippen MR) is 67.5 cm³/mol. The first-order chi connectivity index (χ1) is 8.52. The number of benzene rings is 1. The summed E-state index contributed by atoms with van der Waals surface area (Å²) >= 11 is 0. The molecule has 1 heterocycles. The molecule has 4 heteroatoms. The summed E-state index contributed by atoms with van der Waals surface area (Å²) in [5.41, 5.74) is 5.14. The average molecular weight is 253 g/mol. The third-order valence-electron chi connectivity index (χ3n) is 4.28. The van der Waals surface area contributed by atoms with E-state index in [1.165, 1.54) is 12.1 Å². The Morgan fingerprint density at radius 3 is 2.39 bits per heavy atom. The number of aliphatic hydroxyl groups is 1. The molecule has 3 nitrogen and oxygen atoms in total. The maximum Gasteiger partial charge on any atom is 0.123 e. The van der Waals surface area contributed by atoms with Crippen LogP contribution in [0.3, 0.4) is 0 Å². The highest BCUT2D eigenvalue weighted by molar-refractivity contribution is 5.25. The summed E-state index contributed by atoms with van der Waals surface area (Å²) in [6.07, 6.45) is 1.43. The first-order valence-corrected chi connectivity index (χ1v) is 6.28. The Kier molecular flexibility index (Phi) is 3.71. The van der Waals surface area contributed by atoms with Crippen molar-refractivity contribution in [3.63, 3.8) is 0 Å². The van der Waals surface area contributed by atoms with Gasteiger partial charge in [-0.2, -0.15) is 0 Å². The van der Waals surface area contributed by atoms with E-state index in [4.69, 9.17) is 10.5 Å². The van der Waals surface area contributed by atoms with Crippen molar-refractivity contribution in [1.82, 2.24) is 0 Å². The van der Waals surface area contributed by atoms with E-state index in [-0.39, 0.29) is 5.82 Å². The molecule has 0 aromatic heterocycles. The van der Waals surface area contributed by atoms with E-state index < -0.39 is 11.0 Å². The Morgan fingerprint density at radius 1 is 1.33 bits per heavy atom. The molecule has 0 spiro atoms. The van der Waals surface area contributed by atoms with Crippen molar-refractivity contribution in [2.75, 3.05) is 19.8 Å². The van der Waals surface area contributed by atoms with Gasteiger partial charge in [0.2, 0.25) is 0 Å². The maximum absolute atomic E-state index is 13.0. The summed E-state index contributed by atoms with van der Waals surface area (Å²) in [6, 6.07) is 5.99. The fourth-order valence-electron chi connectivity index (χ4n) is 2.73. The standard InChI is InChI=1S/C14H20FNO2/c1-13(17,11-2-4-12(15)5-3-11)14(10-16)6-8-18-9-7-14/h2-5,17H,6-10,16H2,1H3. The van der Waals surface area contributed by atoms with Crippen LogP contribution >= 0.6 is 0 Å². The number of hydrogen-bond acceptors (Lipinski definition) is 3. The lowest BCUT2D eigenvalue weighted by atomic mass is 9.65. The van der Waals surface area contributed by atoms with E-state index in [0.29, 0.717) is 38.2 Å². The highest BCUT2D eigenvalue weighted by atomic mass is 19.1. The van der Waals surface area contributed by atoms with Crippen molar-refractivity contribution in [3.05, 3.63) is 35.6 Å². The maximum atomic E-state index is 13.0. The third-order valence-corrected chi connectivity index (χ3v) is 4.28. The molecule has 1 fully saturated rings. The van der Waals surface area contributed by atoms with Crippen LogP contribution in [-0.2, 0) is 10.3 Å². The quantitative estimate of drug-likeness (QED) is 0.863. The smallest absolute Gasteiger partial charge is 0.123 e. The summed E-state index contributed by atoms with van der Waals surface area (Å²) in [6.45, 7) is 3.36. The van der Waals surface area contributed by atoms with Gasteiger partial charge in [-0.1, -0.05) is 12.1 Å². The fourth-order valence-corrected chi connectivity index (χ4v) is 2.73. The molecule has 18 heavy (non-hydrogen) atoms. The van der Waals surface area contributed by atoms with Crippen molar-refractivity contribution < 1.29 is 14.2 Å². The number of nitrogens with two attached hydrogens (primary N) is 1. The Bertz CT molecular complexity index is 397. The second kappa shape index (κ2) is 4.96. The summed E-state index contributed by atoms with van der Waals surface area (Å²) in [5.74, 6) is -0.302. The number of ether oxygens (including phenoxy) is 1. The molecule has 0 bridgehead atoms. The van der Waals surface area contributed by atoms with Gasteiger partial charge in [-0.25, -0.2) is 4.39 Å². The Morgan fingerprint density at radius 2 is 1.89 bits per heavy atom. The molecule has 100 valence electrons. The SMILES string of the molecule is CC(O)(c1ccc(F)cc1)C1(CN)CCOCC1. The van der Waals surface area contributed by atoms with Gasteiger partial charge < -0.3 is 15.6 Å². The van der Waals surface area contributed by atoms with Crippen LogP contribution < -0.4 is 5.73 Å². The lowest BCUT2D eigenvalue weighted by Crippen LogP contribution is -2.51. The molecule has 1 aliphatic heterocycles. The molecule has 0 amide bonds. The van der Waals surface area contributed by atoms with Crippen LogP contribution in [0.15, 0.2) is 24.3 Å². The zero-order valence-electron chi connectivity index (χ0n) is 10.7. The molecule has 1 aliphatic rings. The third kappa shape index (κ3) is 2.16. The summed E-state index contributed by atoms with van der Waals surface area (Å²) in [4.78, 5) is 0. The van der Waals surface area contributed by atoms with Crippen molar-refractivity contribution in [3.8, 4) is 0 Å². The van der Waals surface area contributed by atoms with E-state index in [1.807, 2.05) is 0 Å². The first kappa shape index (κ1) is 13.5. The minimum absolute atomic E-state index is 0.302. The molecule has 0 aliphatic carbocycles. The lowest BCUT2D eigenvalue weighted by molar-refractivity contribution is -0.123. The van der Waals surface area contributed by atoms with Gasteiger partial charge in [-0.15, -0.1) is 0 Å². The second-order valence-corrected chi connectivity index (χ2v) is 5.18. The molecular weight excluding hydrogens is 233 g/mol. The van der Waals surface area contributed by atoms with Gasteiger partial charge in [0.05, 0.1) is 5.60 Å². The van der Waals surface area contributed by atoms with Crippen LogP contribution in [0.1, 0.15) is 25.3 Å². The minimum atomic E-state index is -1.07. The summed E-state index contributed by atoms with van der Waals surface area (Å²) in [7, 11) is 0. The number of rotatable bonds is 3. The zero-order chi connectivity index (χ0) is 13.2. The van der Waals surface area contributed by atoms with Gasteiger partial charge in [0.1, 0.15) is 5.82 Å². The normalized spacial score (nSPS) is 22.4. The summed E-state index contributed by atoms with van der Waals surface area (Å²) < 4.78 is 18.3. The van der Waals surface area contributed by atoms with E-state index in [9.17, 15) is 9.50 Å². The molecule has 0 saturated carbocycles. The molecule has 1 saturated heterocycles. The highest BCUT2D eigenvalue weighted by Gasteiger charge is 2.47. The molecule has 1 aromatic rings. The van der Waals surface area contributed by atoms with Crippen LogP contribution in [0.25, 0.3) is 0 Å². The molecular formula is C14H20FNO2. The second-order valence-electron chi connectivity index (χ2n) is 5.18. The largest absolute Gasteiger partial charge is 0.385 e. The van der Waals surface area contributed by atoms with Crippen LogP contribution in [0.2, 0.25) is 0 Å². The predicted octanol–water partition coefficient (Wildman–Crippen LogP) is 1.79. The minimum Gasteiger partial charge on any atom is -0.385 e. The monoisotopic (exact) mass is 253 g/mol. The van der Waals surface area contributed by atoms with Crippen molar-refractivity contribution in [1.29, 1.82) is 0 Å². The summed E-state index contributed by atoms with van der Waals surface area (Å²) in [5, 5.41) is 10.9. The van der Waals surface area contributed by atoms with Crippen molar-refractivity contribution in [2.24, 2.45) is 11.1 Å². The van der Waals surface area contributed by atoms with Crippen LogP contribution in [0, 0.1) is 11.2 Å². The highest BCUT2D eigenvalue weighted by Crippen LogP contribution is 2.46. The number of halogens is 1. The lowest BCUT2D eigenvalue weighted by Gasteiger charge is -2.47. The van der Waals surface area contributed by atoms with Crippen LogP contribution in [-0.4, -0.2) is 24.9 Å². The van der Waals surface area contributed by atoms with Crippen molar-refractivity contribution >= 4 is 0 Å². The average Bonchev–Trinajstić information content (AvgIpc) is 2.40. The van der Waals surface area contributed by atoms with Gasteiger partial charge in [-0.3, -0.25) is 0 Å². The molecule has 1 aromatic carbocycles. The topological polar surface area (TPSA) is 55.5 Å². The van der Waals surface area contributed by atoms with Gasteiger partial charge in [-0.05, 0) is 37.5 Å². The van der Waals surface area contributed by atoms with Crippen molar-refractivity contribution in [2.45, 2.75) is 25.4 Å². The van der Waals surface area contributed by atoms with E-state index in [0.717, 1.165) is 0 Å². The van der Waals surface area contributed by atoms with Crippen LogP contribution in [0.5, 0.6) is 0 Å². The van der Waals surface area contributed by atoms with Gasteiger partial charge >= 0.3 is 0 Å². The molecule has 2 rings (SSSR count). The Labute approximate surface area is 107 Å². The van der Waals surface area contributed by atoms with E-state index in [2.05, 4.69) is 0 Å². The first-order valence-electron chi connectivity index (χ1n) is 6.28. The van der Waals surface area contributed by atoms with Gasteiger partial charge in [0, 0.05) is 25.2 Å². The molecule has 1 atom stereocenters. The van der Waals surface area contributed by atoms with Crippen LogP contribution in [0.4, 0.5) is 4.39 Å². The number of hydrogen-bond donors (Lipinski definition) is 2. The molecule has 1 unspecified atom stereocenters.